The van der Waals surface area contributed by atoms with Crippen molar-refractivity contribution in [2.24, 2.45) is 5.73 Å². The van der Waals surface area contributed by atoms with Gasteiger partial charge < -0.3 is 10.8 Å². The van der Waals surface area contributed by atoms with E-state index < -0.39 is 6.10 Å². The highest BCUT2D eigenvalue weighted by molar-refractivity contribution is 9.10. The van der Waals surface area contributed by atoms with Gasteiger partial charge in [0, 0.05) is 17.4 Å². The van der Waals surface area contributed by atoms with E-state index in [-0.39, 0.29) is 0 Å². The van der Waals surface area contributed by atoms with Gasteiger partial charge >= 0.3 is 0 Å². The molecule has 1 aromatic carbocycles. The molecule has 0 fully saturated rings. The van der Waals surface area contributed by atoms with Crippen LogP contribution in [-0.2, 0) is 6.42 Å². The third-order valence-corrected chi connectivity index (χ3v) is 2.70. The zero-order valence-corrected chi connectivity index (χ0v) is 9.21. The van der Waals surface area contributed by atoms with Crippen molar-refractivity contribution in [3.05, 3.63) is 33.8 Å². The largest absolute Gasteiger partial charge is 0.391 e. The Morgan fingerprint density at radius 3 is 2.85 bits per heavy atom. The molecular formula is C10H14BrNO. The number of hydrogen-bond acceptors (Lipinski definition) is 2. The summed E-state index contributed by atoms with van der Waals surface area (Å²) in [5.41, 5.74) is 7.65. The number of nitrogens with two attached hydrogens (primary N) is 1. The van der Waals surface area contributed by atoms with Crippen molar-refractivity contribution in [1.29, 1.82) is 0 Å². The Morgan fingerprint density at radius 2 is 2.23 bits per heavy atom. The first-order valence-corrected chi connectivity index (χ1v) is 5.06. The lowest BCUT2D eigenvalue weighted by Crippen LogP contribution is -2.22. The second-order valence-electron chi connectivity index (χ2n) is 3.19. The molecule has 72 valence electrons. The lowest BCUT2D eigenvalue weighted by molar-refractivity contribution is 0.183. The van der Waals surface area contributed by atoms with Crippen LogP contribution in [0.1, 0.15) is 11.1 Å². The van der Waals surface area contributed by atoms with Gasteiger partial charge in [0.25, 0.3) is 0 Å². The van der Waals surface area contributed by atoms with Crippen molar-refractivity contribution in [2.45, 2.75) is 19.4 Å². The highest BCUT2D eigenvalue weighted by atomic mass is 79.9. The summed E-state index contributed by atoms with van der Waals surface area (Å²) in [7, 11) is 0. The molecule has 0 aliphatic carbocycles. The van der Waals surface area contributed by atoms with E-state index in [1.807, 2.05) is 19.1 Å². The Kier molecular flexibility index (Phi) is 3.90. The van der Waals surface area contributed by atoms with Crippen LogP contribution in [0.5, 0.6) is 0 Å². The summed E-state index contributed by atoms with van der Waals surface area (Å²) in [5.74, 6) is 0. The molecule has 3 heteroatoms. The van der Waals surface area contributed by atoms with Crippen molar-refractivity contribution in [3.63, 3.8) is 0 Å². The first-order chi connectivity index (χ1) is 6.13. The highest BCUT2D eigenvalue weighted by Crippen LogP contribution is 2.19. The molecule has 0 heterocycles. The van der Waals surface area contributed by atoms with E-state index >= 15 is 0 Å². The predicted octanol–water partition coefficient (Wildman–Crippen LogP) is 1.62. The number of rotatable bonds is 3. The van der Waals surface area contributed by atoms with Crippen LogP contribution in [-0.4, -0.2) is 17.8 Å². The van der Waals surface area contributed by atoms with Gasteiger partial charge in [0.15, 0.2) is 0 Å². The molecule has 1 rings (SSSR count). The summed E-state index contributed by atoms with van der Waals surface area (Å²) in [6.45, 7) is 2.34. The fourth-order valence-corrected chi connectivity index (χ4v) is 1.61. The third-order valence-electron chi connectivity index (χ3n) is 1.93. The van der Waals surface area contributed by atoms with Crippen LogP contribution < -0.4 is 5.73 Å². The smallest absolute Gasteiger partial charge is 0.0703 e. The normalized spacial score (nSPS) is 12.9. The first kappa shape index (κ1) is 10.7. The number of aliphatic hydroxyl groups is 1. The Morgan fingerprint density at radius 1 is 1.54 bits per heavy atom. The van der Waals surface area contributed by atoms with Gasteiger partial charge in [-0.05, 0) is 18.6 Å². The molecular weight excluding hydrogens is 230 g/mol. The van der Waals surface area contributed by atoms with E-state index in [1.165, 1.54) is 5.56 Å². The molecule has 1 aromatic rings. The lowest BCUT2D eigenvalue weighted by Gasteiger charge is -2.09. The van der Waals surface area contributed by atoms with Crippen LogP contribution in [0.4, 0.5) is 0 Å². The maximum Gasteiger partial charge on any atom is 0.0703 e. The van der Waals surface area contributed by atoms with Crippen LogP contribution in [0, 0.1) is 6.92 Å². The molecule has 0 aliphatic rings. The number of aryl methyl sites for hydroxylation is 1. The summed E-state index contributed by atoms with van der Waals surface area (Å²) in [6, 6.07) is 6.08. The van der Waals surface area contributed by atoms with Crippen molar-refractivity contribution in [1.82, 2.24) is 0 Å². The molecule has 3 N–H and O–H groups in total. The second-order valence-corrected chi connectivity index (χ2v) is 4.04. The minimum Gasteiger partial charge on any atom is -0.391 e. The minimum atomic E-state index is -0.446. The van der Waals surface area contributed by atoms with Crippen LogP contribution in [0.15, 0.2) is 22.7 Å². The lowest BCUT2D eigenvalue weighted by atomic mass is 10.1. The van der Waals surface area contributed by atoms with Gasteiger partial charge in [-0.1, -0.05) is 33.6 Å². The maximum absolute atomic E-state index is 9.38. The topological polar surface area (TPSA) is 46.2 Å². The SMILES string of the molecule is Cc1ccc(Br)c(CC(O)CN)c1. The molecule has 1 atom stereocenters. The zero-order chi connectivity index (χ0) is 9.84. The predicted molar refractivity (Wildman–Crippen MR) is 57.6 cm³/mol. The molecule has 0 bridgehead atoms. The van der Waals surface area contributed by atoms with Crippen LogP contribution >= 0.6 is 15.9 Å². The molecule has 0 radical (unpaired) electrons. The molecule has 0 saturated carbocycles. The Bertz CT molecular complexity index is 288. The average Bonchev–Trinajstić information content (AvgIpc) is 2.11. The standard InChI is InChI=1S/C10H14BrNO/c1-7-2-3-10(11)8(4-7)5-9(13)6-12/h2-4,9,13H,5-6,12H2,1H3. The number of hydrogen-bond donors (Lipinski definition) is 2. The Labute approximate surface area is 86.9 Å². The van der Waals surface area contributed by atoms with Crippen molar-refractivity contribution in [2.75, 3.05) is 6.54 Å². The molecule has 13 heavy (non-hydrogen) atoms. The van der Waals surface area contributed by atoms with E-state index in [0.29, 0.717) is 13.0 Å². The van der Waals surface area contributed by atoms with Gasteiger partial charge in [0.2, 0.25) is 0 Å². The summed E-state index contributed by atoms with van der Waals surface area (Å²) in [6.07, 6.45) is 0.164. The molecule has 0 aliphatic heterocycles. The van der Waals surface area contributed by atoms with Crippen LogP contribution in [0.3, 0.4) is 0 Å². The molecule has 0 saturated heterocycles. The van der Waals surface area contributed by atoms with Crippen LogP contribution in [0.25, 0.3) is 0 Å². The second kappa shape index (κ2) is 4.74. The maximum atomic E-state index is 9.38. The summed E-state index contributed by atoms with van der Waals surface area (Å²) < 4.78 is 1.03. The van der Waals surface area contributed by atoms with E-state index in [1.54, 1.807) is 0 Å². The zero-order valence-electron chi connectivity index (χ0n) is 7.63. The Balaban J connectivity index is 2.81. The van der Waals surface area contributed by atoms with Crippen molar-refractivity contribution >= 4 is 15.9 Å². The van der Waals surface area contributed by atoms with Gasteiger partial charge in [-0.3, -0.25) is 0 Å². The quantitative estimate of drug-likeness (QED) is 0.848. The Hall–Kier alpha value is -0.380. The third kappa shape index (κ3) is 3.10. The average molecular weight is 244 g/mol. The summed E-state index contributed by atoms with van der Waals surface area (Å²) in [5, 5.41) is 9.38. The van der Waals surface area contributed by atoms with Crippen molar-refractivity contribution in [3.8, 4) is 0 Å². The van der Waals surface area contributed by atoms with Gasteiger partial charge in [0.1, 0.15) is 0 Å². The molecule has 2 nitrogen and oxygen atoms in total. The fraction of sp³-hybridized carbons (Fsp3) is 0.400. The van der Waals surface area contributed by atoms with E-state index in [2.05, 4.69) is 22.0 Å². The minimum absolute atomic E-state index is 0.306. The first-order valence-electron chi connectivity index (χ1n) is 4.26. The fourth-order valence-electron chi connectivity index (χ4n) is 1.20. The monoisotopic (exact) mass is 243 g/mol. The molecule has 0 spiro atoms. The number of aliphatic hydroxyl groups excluding tert-OH is 1. The van der Waals surface area contributed by atoms with E-state index in [4.69, 9.17) is 5.73 Å². The summed E-state index contributed by atoms with van der Waals surface area (Å²) in [4.78, 5) is 0. The van der Waals surface area contributed by atoms with E-state index in [9.17, 15) is 5.11 Å². The van der Waals surface area contributed by atoms with Gasteiger partial charge in [-0.2, -0.15) is 0 Å². The van der Waals surface area contributed by atoms with Crippen LogP contribution in [0.2, 0.25) is 0 Å². The van der Waals surface area contributed by atoms with Gasteiger partial charge in [0.05, 0.1) is 6.10 Å². The highest BCUT2D eigenvalue weighted by Gasteiger charge is 2.06. The summed E-state index contributed by atoms with van der Waals surface area (Å²) >= 11 is 3.44. The molecule has 0 aromatic heterocycles. The number of halogens is 1. The van der Waals surface area contributed by atoms with Gasteiger partial charge in [-0.15, -0.1) is 0 Å². The molecule has 0 amide bonds. The molecule has 1 unspecified atom stereocenters. The van der Waals surface area contributed by atoms with Gasteiger partial charge in [-0.25, -0.2) is 0 Å². The van der Waals surface area contributed by atoms with Crippen molar-refractivity contribution < 1.29 is 5.11 Å². The van der Waals surface area contributed by atoms with E-state index in [0.717, 1.165) is 10.0 Å². The number of benzene rings is 1.